The number of aromatic nitrogens is 1. The van der Waals surface area contributed by atoms with Crippen molar-refractivity contribution in [3.63, 3.8) is 0 Å². The van der Waals surface area contributed by atoms with Gasteiger partial charge in [0.1, 0.15) is 31.2 Å². The minimum absolute atomic E-state index is 0.0912. The average molecular weight is 592 g/mol. The number of aliphatic carboxylic acids is 1. The zero-order chi connectivity index (χ0) is 29.9. The zero-order valence-corrected chi connectivity index (χ0v) is 24.3. The lowest BCUT2D eigenvalue weighted by molar-refractivity contribution is -0.139. The fourth-order valence-electron chi connectivity index (χ4n) is 4.29. The van der Waals surface area contributed by atoms with E-state index in [0.717, 1.165) is 39.1 Å². The molecule has 42 heavy (non-hydrogen) atoms. The van der Waals surface area contributed by atoms with Crippen LogP contribution in [-0.2, 0) is 27.3 Å². The molecule has 11 heteroatoms. The number of hydrogen-bond donors (Lipinski definition) is 2. The molecule has 3 aromatic carbocycles. The van der Waals surface area contributed by atoms with Gasteiger partial charge in [0.15, 0.2) is 0 Å². The summed E-state index contributed by atoms with van der Waals surface area (Å²) in [6.45, 7) is 2.82. The van der Waals surface area contributed by atoms with Crippen LogP contribution in [0.3, 0.4) is 0 Å². The second-order valence-electron chi connectivity index (χ2n) is 9.41. The zero-order valence-electron chi connectivity index (χ0n) is 23.4. The van der Waals surface area contributed by atoms with E-state index in [1.807, 2.05) is 55.5 Å². The van der Waals surface area contributed by atoms with Crippen LogP contribution in [0.4, 0.5) is 4.79 Å². The van der Waals surface area contributed by atoms with Crippen molar-refractivity contribution in [3.8, 4) is 5.75 Å². The molecule has 4 aromatic rings. The lowest BCUT2D eigenvalue weighted by Crippen LogP contribution is -2.42. The molecule has 4 rings (SSSR count). The number of thiazole rings is 1. The minimum Gasteiger partial charge on any atom is -0.492 e. The van der Waals surface area contributed by atoms with Crippen molar-refractivity contribution in [2.45, 2.75) is 38.8 Å². The van der Waals surface area contributed by atoms with Gasteiger partial charge in [-0.15, -0.1) is 0 Å². The van der Waals surface area contributed by atoms with Gasteiger partial charge in [-0.2, -0.15) is 0 Å². The SMILES string of the molecule is CCCCOC(=O)NC(Cc1ccc(OCCn2c(=O)sc3cc(/C(=N/OC)c4ccccc4)ccc32)cc1)C(=O)O. The normalized spacial score (nSPS) is 12.1. The molecule has 0 aliphatic carbocycles. The monoisotopic (exact) mass is 591 g/mol. The van der Waals surface area contributed by atoms with E-state index in [9.17, 15) is 19.5 Å². The Morgan fingerprint density at radius 2 is 1.79 bits per heavy atom. The van der Waals surface area contributed by atoms with Gasteiger partial charge in [-0.05, 0) is 36.2 Å². The highest BCUT2D eigenvalue weighted by atomic mass is 32.1. The van der Waals surface area contributed by atoms with Crippen LogP contribution in [0, 0.1) is 0 Å². The highest BCUT2D eigenvalue weighted by Gasteiger charge is 2.21. The molecule has 2 N–H and O–H groups in total. The van der Waals surface area contributed by atoms with Crippen LogP contribution in [0.5, 0.6) is 5.75 Å². The Labute approximate surface area is 247 Å². The number of carbonyl (C=O) groups is 2. The van der Waals surface area contributed by atoms with Crippen LogP contribution < -0.4 is 14.9 Å². The van der Waals surface area contributed by atoms with Gasteiger partial charge in [0.2, 0.25) is 0 Å². The number of amides is 1. The summed E-state index contributed by atoms with van der Waals surface area (Å²) in [6.07, 6.45) is 0.928. The Morgan fingerprint density at radius 1 is 1.02 bits per heavy atom. The number of benzene rings is 3. The van der Waals surface area contributed by atoms with Gasteiger partial charge in [-0.1, -0.05) is 78.4 Å². The highest BCUT2D eigenvalue weighted by Crippen LogP contribution is 2.22. The quantitative estimate of drug-likeness (QED) is 0.119. The van der Waals surface area contributed by atoms with Gasteiger partial charge >= 0.3 is 16.9 Å². The van der Waals surface area contributed by atoms with Gasteiger partial charge in [0.05, 0.1) is 23.4 Å². The number of carbonyl (C=O) groups excluding carboxylic acids is 1. The molecule has 1 amide bonds. The average Bonchev–Trinajstić information content (AvgIpc) is 3.30. The Bertz CT molecular complexity index is 1580. The Balaban J connectivity index is 1.36. The Kier molecular flexibility index (Phi) is 10.7. The molecular weight excluding hydrogens is 558 g/mol. The molecule has 0 aliphatic heterocycles. The molecule has 0 spiro atoms. The molecule has 1 aromatic heterocycles. The number of unbranched alkanes of at least 4 members (excludes halogenated alkanes) is 1. The molecule has 0 bridgehead atoms. The van der Waals surface area contributed by atoms with E-state index < -0.39 is 18.1 Å². The van der Waals surface area contributed by atoms with Crippen LogP contribution in [0.25, 0.3) is 10.2 Å². The molecule has 1 heterocycles. The maximum Gasteiger partial charge on any atom is 0.407 e. The van der Waals surface area contributed by atoms with E-state index in [-0.39, 0.29) is 24.5 Å². The summed E-state index contributed by atoms with van der Waals surface area (Å²) >= 11 is 1.16. The predicted octanol–water partition coefficient (Wildman–Crippen LogP) is 5.06. The first kappa shape index (κ1) is 30.3. The fourth-order valence-corrected chi connectivity index (χ4v) is 5.25. The standard InChI is InChI=1S/C31H33N3O7S/c1-3-4-17-41-30(37)32-25(29(35)36)19-21-10-13-24(14-11-21)40-18-16-34-26-15-12-23(20-27(26)42-31(34)38)28(33-39-2)22-8-6-5-7-9-22/h5-15,20,25H,3-4,16-19H2,1-2H3,(H,32,37)(H,35,36)/b33-28+. The molecule has 0 fully saturated rings. The van der Waals surface area contributed by atoms with Crippen LogP contribution >= 0.6 is 11.3 Å². The highest BCUT2D eigenvalue weighted by molar-refractivity contribution is 7.16. The molecule has 0 saturated heterocycles. The first-order chi connectivity index (χ1) is 20.4. The van der Waals surface area contributed by atoms with Gasteiger partial charge in [0.25, 0.3) is 0 Å². The molecule has 0 radical (unpaired) electrons. The van der Waals surface area contributed by atoms with Crippen LogP contribution in [0.15, 0.2) is 82.7 Å². The lowest BCUT2D eigenvalue weighted by Gasteiger charge is -2.15. The first-order valence-electron chi connectivity index (χ1n) is 13.6. The predicted molar refractivity (Wildman–Crippen MR) is 162 cm³/mol. The molecule has 0 aliphatic rings. The summed E-state index contributed by atoms with van der Waals surface area (Å²) < 4.78 is 13.4. The van der Waals surface area contributed by atoms with Crippen molar-refractivity contribution >= 4 is 39.3 Å². The topological polar surface area (TPSA) is 128 Å². The van der Waals surface area contributed by atoms with Crippen molar-refractivity contribution in [2.24, 2.45) is 5.16 Å². The second-order valence-corrected chi connectivity index (χ2v) is 10.4. The summed E-state index contributed by atoms with van der Waals surface area (Å²) in [5.74, 6) is -0.568. The lowest BCUT2D eigenvalue weighted by atomic mass is 10.0. The number of alkyl carbamates (subject to hydrolysis) is 1. The molecular formula is C31H33N3O7S. The van der Waals surface area contributed by atoms with Gasteiger partial charge in [-0.25, -0.2) is 9.59 Å². The summed E-state index contributed by atoms with van der Waals surface area (Å²) in [5, 5.41) is 16.1. The van der Waals surface area contributed by atoms with Crippen LogP contribution in [0.1, 0.15) is 36.5 Å². The van der Waals surface area contributed by atoms with Crippen molar-refractivity contribution in [3.05, 3.63) is 99.2 Å². The van der Waals surface area contributed by atoms with Crippen molar-refractivity contribution < 1.29 is 29.0 Å². The molecule has 1 atom stereocenters. The third kappa shape index (κ3) is 7.97. The fraction of sp³-hybridized carbons (Fsp3) is 0.290. The van der Waals surface area contributed by atoms with E-state index in [1.165, 1.54) is 7.11 Å². The maximum absolute atomic E-state index is 12.8. The van der Waals surface area contributed by atoms with Crippen molar-refractivity contribution in [1.29, 1.82) is 0 Å². The van der Waals surface area contributed by atoms with Crippen LogP contribution in [0.2, 0.25) is 0 Å². The smallest absolute Gasteiger partial charge is 0.407 e. The minimum atomic E-state index is -1.15. The van der Waals surface area contributed by atoms with Crippen molar-refractivity contribution in [1.82, 2.24) is 9.88 Å². The third-order valence-corrected chi connectivity index (χ3v) is 7.38. The van der Waals surface area contributed by atoms with Gasteiger partial charge in [0, 0.05) is 17.5 Å². The maximum atomic E-state index is 12.8. The van der Waals surface area contributed by atoms with Crippen molar-refractivity contribution in [2.75, 3.05) is 20.3 Å². The number of hydrogen-bond acceptors (Lipinski definition) is 8. The largest absolute Gasteiger partial charge is 0.492 e. The number of fused-ring (bicyclic) bond motifs is 1. The van der Waals surface area contributed by atoms with E-state index in [1.54, 1.807) is 28.8 Å². The third-order valence-electron chi connectivity index (χ3n) is 6.44. The summed E-state index contributed by atoms with van der Waals surface area (Å²) in [7, 11) is 1.50. The van der Waals surface area contributed by atoms with E-state index in [0.29, 0.717) is 30.0 Å². The number of rotatable bonds is 14. The first-order valence-corrected chi connectivity index (χ1v) is 14.4. The summed E-state index contributed by atoms with van der Waals surface area (Å²) in [6, 6.07) is 21.3. The summed E-state index contributed by atoms with van der Waals surface area (Å²) in [5.41, 5.74) is 3.94. The molecule has 10 nitrogen and oxygen atoms in total. The number of carboxylic acids is 1. The number of nitrogens with zero attached hydrogens (tertiary/aromatic N) is 2. The second kappa shape index (κ2) is 14.8. The Hall–Kier alpha value is -4.64. The van der Waals surface area contributed by atoms with Gasteiger partial charge < -0.3 is 24.7 Å². The molecule has 220 valence electrons. The van der Waals surface area contributed by atoms with E-state index >= 15 is 0 Å². The Morgan fingerprint density at radius 3 is 2.48 bits per heavy atom. The number of nitrogens with one attached hydrogen (secondary N) is 1. The number of oxime groups is 1. The summed E-state index contributed by atoms with van der Waals surface area (Å²) in [4.78, 5) is 41.3. The molecule has 0 saturated carbocycles. The number of ether oxygens (including phenoxy) is 2. The molecule has 1 unspecified atom stereocenters. The van der Waals surface area contributed by atoms with Crippen LogP contribution in [-0.4, -0.2) is 53.8 Å². The van der Waals surface area contributed by atoms with Gasteiger partial charge in [-0.3, -0.25) is 9.36 Å². The van der Waals surface area contributed by atoms with E-state index in [2.05, 4.69) is 10.5 Å². The number of carboxylic acid groups (broad SMARTS) is 1. The van der Waals surface area contributed by atoms with E-state index in [4.69, 9.17) is 14.3 Å².